The highest BCUT2D eigenvalue weighted by Crippen LogP contribution is 2.31. The molecule has 0 fully saturated rings. The number of fused-ring (bicyclic) bond motifs is 1. The van der Waals surface area contributed by atoms with Gasteiger partial charge in [-0.2, -0.15) is 8.42 Å². The van der Waals surface area contributed by atoms with Gasteiger partial charge in [-0.1, -0.05) is 24.3 Å². The average molecular weight is 310 g/mol. The summed E-state index contributed by atoms with van der Waals surface area (Å²) in [5.41, 5.74) is 0.750. The second kappa shape index (κ2) is 5.00. The molecule has 0 radical (unpaired) electrons. The molecule has 7 heteroatoms. The predicted octanol–water partition coefficient (Wildman–Crippen LogP) is 2.68. The number of halogens is 2. The Morgan fingerprint density at radius 3 is 2.38 bits per heavy atom. The molecule has 0 spiro atoms. The summed E-state index contributed by atoms with van der Waals surface area (Å²) in [5, 5.41) is 0. The molecule has 2 aromatic carbocycles. The van der Waals surface area contributed by atoms with Crippen LogP contribution in [-0.4, -0.2) is 15.0 Å². The lowest BCUT2D eigenvalue weighted by molar-refractivity contribution is 0.581. The van der Waals surface area contributed by atoms with E-state index in [1.165, 1.54) is 6.07 Å². The van der Waals surface area contributed by atoms with Crippen LogP contribution in [0.4, 0.5) is 20.2 Å². The Kier molecular flexibility index (Phi) is 3.29. The summed E-state index contributed by atoms with van der Waals surface area (Å²) in [6.45, 7) is 0.241. The molecule has 0 aliphatic carbocycles. The van der Waals surface area contributed by atoms with Crippen LogP contribution in [0.5, 0.6) is 0 Å². The molecule has 4 nitrogen and oxygen atoms in total. The fraction of sp³-hybridized carbons (Fsp3) is 0.143. The lowest BCUT2D eigenvalue weighted by Gasteiger charge is -2.20. The number of benzene rings is 2. The van der Waals surface area contributed by atoms with Crippen molar-refractivity contribution in [1.29, 1.82) is 0 Å². The molecule has 0 unspecified atom stereocenters. The van der Waals surface area contributed by atoms with Gasteiger partial charge in [-0.15, -0.1) is 0 Å². The number of nitrogens with one attached hydrogen (secondary N) is 1. The van der Waals surface area contributed by atoms with Crippen molar-refractivity contribution in [2.75, 3.05) is 15.6 Å². The third kappa shape index (κ3) is 2.44. The Bertz CT molecular complexity index is 773. The first-order valence-electron chi connectivity index (χ1n) is 6.31. The molecule has 0 amide bonds. The zero-order valence-corrected chi connectivity index (χ0v) is 11.7. The van der Waals surface area contributed by atoms with E-state index in [9.17, 15) is 17.2 Å². The quantitative estimate of drug-likeness (QED) is 0.947. The van der Waals surface area contributed by atoms with E-state index in [0.29, 0.717) is 12.1 Å². The molecule has 1 aliphatic rings. The van der Waals surface area contributed by atoms with Gasteiger partial charge in [0.1, 0.15) is 17.3 Å². The van der Waals surface area contributed by atoms with Gasteiger partial charge in [0.25, 0.3) is 0 Å². The van der Waals surface area contributed by atoms with E-state index in [-0.39, 0.29) is 6.54 Å². The molecule has 0 atom stereocenters. The molecule has 0 bridgehead atoms. The van der Waals surface area contributed by atoms with Crippen LogP contribution < -0.4 is 9.03 Å². The largest absolute Gasteiger partial charge is 0.324 e. The van der Waals surface area contributed by atoms with E-state index >= 15 is 0 Å². The van der Waals surface area contributed by atoms with E-state index in [2.05, 4.69) is 0 Å². The van der Waals surface area contributed by atoms with Gasteiger partial charge in [0.05, 0.1) is 5.69 Å². The molecule has 1 heterocycles. The summed E-state index contributed by atoms with van der Waals surface area (Å²) in [7, 11) is -4.07. The maximum atomic E-state index is 13.6. The smallest absolute Gasteiger partial charge is 0.261 e. The first-order valence-corrected chi connectivity index (χ1v) is 7.75. The van der Waals surface area contributed by atoms with Crippen LogP contribution in [0.1, 0.15) is 5.56 Å². The molecular formula is C14H12F2N2O2S. The van der Waals surface area contributed by atoms with E-state index in [0.717, 1.165) is 22.0 Å². The Hall–Kier alpha value is -2.15. The highest BCUT2D eigenvalue weighted by molar-refractivity contribution is 7.94. The number of rotatable bonds is 3. The third-order valence-electron chi connectivity index (χ3n) is 3.33. The third-order valence-corrected chi connectivity index (χ3v) is 4.75. The second-order valence-corrected chi connectivity index (χ2v) is 6.25. The number of hydrogen-bond acceptors (Lipinski definition) is 2. The van der Waals surface area contributed by atoms with Crippen LogP contribution in [-0.2, 0) is 16.6 Å². The van der Waals surface area contributed by atoms with Crippen LogP contribution in [0.25, 0.3) is 0 Å². The maximum Gasteiger partial charge on any atom is 0.324 e. The summed E-state index contributed by atoms with van der Waals surface area (Å²) in [5.74, 6) is -1.91. The molecule has 0 saturated carbocycles. The van der Waals surface area contributed by atoms with Gasteiger partial charge >= 0.3 is 10.2 Å². The van der Waals surface area contributed by atoms with Crippen LogP contribution in [0.3, 0.4) is 0 Å². The van der Waals surface area contributed by atoms with E-state index in [1.54, 1.807) is 12.1 Å². The first kappa shape index (κ1) is 13.8. The zero-order valence-electron chi connectivity index (χ0n) is 10.9. The van der Waals surface area contributed by atoms with Crippen LogP contribution >= 0.6 is 0 Å². The number of para-hydroxylation sites is 2. The molecule has 0 aromatic heterocycles. The van der Waals surface area contributed by atoms with Crippen LogP contribution in [0.2, 0.25) is 0 Å². The van der Waals surface area contributed by atoms with Crippen LogP contribution in [0, 0.1) is 11.6 Å². The van der Waals surface area contributed by atoms with Gasteiger partial charge in [0, 0.05) is 6.54 Å². The van der Waals surface area contributed by atoms with Crippen molar-refractivity contribution in [3.8, 4) is 0 Å². The molecule has 3 rings (SSSR count). The van der Waals surface area contributed by atoms with E-state index in [4.69, 9.17) is 0 Å². The number of nitrogens with zero attached hydrogens (tertiary/aromatic N) is 1. The lowest BCUT2D eigenvalue weighted by atomic mass is 10.2. The summed E-state index contributed by atoms with van der Waals surface area (Å²) < 4.78 is 55.0. The van der Waals surface area contributed by atoms with Crippen molar-refractivity contribution in [2.24, 2.45) is 0 Å². The minimum absolute atomic E-state index is 0.241. The molecule has 21 heavy (non-hydrogen) atoms. The monoisotopic (exact) mass is 310 g/mol. The molecule has 110 valence electrons. The Balaban J connectivity index is 1.96. The summed E-state index contributed by atoms with van der Waals surface area (Å²) in [6, 6.07) is 10.2. The fourth-order valence-corrected chi connectivity index (χ4v) is 3.67. The van der Waals surface area contributed by atoms with Gasteiger partial charge in [-0.05, 0) is 30.2 Å². The summed E-state index contributed by atoms with van der Waals surface area (Å²) in [6.07, 6.45) is 0.566. The zero-order chi connectivity index (χ0) is 15.0. The van der Waals surface area contributed by atoms with Gasteiger partial charge in [0.2, 0.25) is 0 Å². The van der Waals surface area contributed by atoms with E-state index in [1.807, 2.05) is 16.9 Å². The predicted molar refractivity (Wildman–Crippen MR) is 76.4 cm³/mol. The minimum Gasteiger partial charge on any atom is -0.261 e. The van der Waals surface area contributed by atoms with Gasteiger partial charge < -0.3 is 0 Å². The Labute approximate surface area is 121 Å². The highest BCUT2D eigenvalue weighted by Gasteiger charge is 2.30. The molecular weight excluding hydrogens is 298 g/mol. The second-order valence-electron chi connectivity index (χ2n) is 4.65. The fourth-order valence-electron chi connectivity index (χ4n) is 2.34. The molecule has 1 N–H and O–H groups in total. The first-order chi connectivity index (χ1) is 9.99. The van der Waals surface area contributed by atoms with Crippen LogP contribution in [0.15, 0.2) is 42.5 Å². The SMILES string of the molecule is O=S(=O)(Nc1c(F)cccc1F)N1CCc2ccccc21. The maximum absolute atomic E-state index is 13.6. The lowest BCUT2D eigenvalue weighted by Crippen LogP contribution is -2.35. The van der Waals surface area contributed by atoms with E-state index < -0.39 is 27.5 Å². The Morgan fingerprint density at radius 2 is 1.67 bits per heavy atom. The van der Waals surface area contributed by atoms with Crippen molar-refractivity contribution >= 4 is 21.6 Å². The van der Waals surface area contributed by atoms with Gasteiger partial charge in [0.15, 0.2) is 0 Å². The molecule has 2 aromatic rings. The summed E-state index contributed by atoms with van der Waals surface area (Å²) >= 11 is 0. The number of hydrogen-bond donors (Lipinski definition) is 1. The van der Waals surface area contributed by atoms with Crippen molar-refractivity contribution in [3.05, 3.63) is 59.7 Å². The van der Waals surface area contributed by atoms with Crippen molar-refractivity contribution in [1.82, 2.24) is 0 Å². The number of anilines is 2. The average Bonchev–Trinajstić information content (AvgIpc) is 2.88. The van der Waals surface area contributed by atoms with Gasteiger partial charge in [-0.3, -0.25) is 9.03 Å². The summed E-state index contributed by atoms with van der Waals surface area (Å²) in [4.78, 5) is 0. The molecule has 1 aliphatic heterocycles. The standard InChI is InChI=1S/C14H12F2N2O2S/c15-11-5-3-6-12(16)14(11)17-21(19,20)18-9-8-10-4-1-2-7-13(10)18/h1-7,17H,8-9H2. The van der Waals surface area contributed by atoms with Crippen molar-refractivity contribution in [2.45, 2.75) is 6.42 Å². The van der Waals surface area contributed by atoms with Crippen molar-refractivity contribution < 1.29 is 17.2 Å². The molecule has 0 saturated heterocycles. The highest BCUT2D eigenvalue weighted by atomic mass is 32.2. The van der Waals surface area contributed by atoms with Gasteiger partial charge in [-0.25, -0.2) is 8.78 Å². The Morgan fingerprint density at radius 1 is 1.00 bits per heavy atom. The minimum atomic E-state index is -4.07. The normalized spacial score (nSPS) is 14.1. The topological polar surface area (TPSA) is 49.4 Å². The van der Waals surface area contributed by atoms with Crippen molar-refractivity contribution in [3.63, 3.8) is 0 Å².